The van der Waals surface area contributed by atoms with Gasteiger partial charge in [0.2, 0.25) is 0 Å². The summed E-state index contributed by atoms with van der Waals surface area (Å²) < 4.78 is 1.49. The van der Waals surface area contributed by atoms with Gasteiger partial charge in [0, 0.05) is 17.6 Å². The van der Waals surface area contributed by atoms with Crippen molar-refractivity contribution in [2.24, 2.45) is 0 Å². The monoisotopic (exact) mass is 337 g/mol. The van der Waals surface area contributed by atoms with E-state index in [-0.39, 0.29) is 10.6 Å². The van der Waals surface area contributed by atoms with E-state index in [0.717, 1.165) is 16.8 Å². The molecule has 0 bridgehead atoms. The van der Waals surface area contributed by atoms with Crippen LogP contribution in [-0.4, -0.2) is 16.7 Å². The first-order valence-electron chi connectivity index (χ1n) is 7.02. The topological polar surface area (TPSA) is 39.1 Å². The van der Waals surface area contributed by atoms with Crippen molar-refractivity contribution in [3.63, 3.8) is 0 Å². The van der Waals surface area contributed by atoms with Crippen molar-refractivity contribution >= 4 is 29.5 Å². The van der Waals surface area contributed by atoms with Crippen LogP contribution in [-0.2, 0) is 6.42 Å². The highest BCUT2D eigenvalue weighted by Gasteiger charge is 2.15. The summed E-state index contributed by atoms with van der Waals surface area (Å²) in [6, 6.07) is 5.80. The number of nitrogens with zero attached hydrogens (tertiary/aromatic N) is 1. The largest absolute Gasteiger partial charge is 0.298 e. The van der Waals surface area contributed by atoms with Crippen molar-refractivity contribution in [2.75, 3.05) is 5.88 Å². The van der Waals surface area contributed by atoms with E-state index in [1.54, 1.807) is 0 Å². The van der Waals surface area contributed by atoms with Gasteiger partial charge in [-0.1, -0.05) is 29.3 Å². The molecule has 0 radical (unpaired) electrons. The number of halogens is 2. The van der Waals surface area contributed by atoms with Gasteiger partial charge in [-0.05, 0) is 38.3 Å². The minimum Gasteiger partial charge on any atom is -0.298 e. The molecule has 2 aromatic rings. The van der Waals surface area contributed by atoms with E-state index in [1.165, 1.54) is 10.8 Å². The molecule has 3 nitrogen and oxygen atoms in total. The Kier molecular flexibility index (Phi) is 5.43. The molecule has 0 aliphatic carbocycles. The Morgan fingerprint density at radius 3 is 2.59 bits per heavy atom. The second-order valence-corrected chi connectivity index (χ2v) is 6.01. The summed E-state index contributed by atoms with van der Waals surface area (Å²) in [5, 5.41) is 0.228. The number of rotatable bonds is 5. The molecule has 1 aromatic carbocycles. The lowest BCUT2D eigenvalue weighted by Crippen LogP contribution is -2.24. The average Bonchev–Trinajstić information content (AvgIpc) is 2.48. The summed E-state index contributed by atoms with van der Waals surface area (Å²) in [6.45, 7) is 3.92. The van der Waals surface area contributed by atoms with Crippen LogP contribution in [0.5, 0.6) is 0 Å². The van der Waals surface area contributed by atoms with Crippen LogP contribution in [0.3, 0.4) is 0 Å². The Bertz CT molecular complexity index is 766. The van der Waals surface area contributed by atoms with E-state index in [0.29, 0.717) is 36.1 Å². The van der Waals surface area contributed by atoms with Crippen LogP contribution in [0, 0.1) is 13.8 Å². The van der Waals surface area contributed by atoms with Gasteiger partial charge in [0.05, 0.1) is 16.3 Å². The van der Waals surface area contributed by atoms with Gasteiger partial charge in [0.1, 0.15) is 0 Å². The fourth-order valence-corrected chi connectivity index (χ4v) is 2.87. The van der Waals surface area contributed by atoms with Gasteiger partial charge in [-0.15, -0.1) is 11.6 Å². The molecule has 0 saturated heterocycles. The zero-order valence-electron chi connectivity index (χ0n) is 12.5. The highest BCUT2D eigenvalue weighted by Crippen LogP contribution is 2.21. The van der Waals surface area contributed by atoms with Crippen LogP contribution in [0.2, 0.25) is 5.02 Å². The van der Waals surface area contributed by atoms with Crippen LogP contribution in [0.15, 0.2) is 29.2 Å². The molecule has 2 rings (SSSR count). The minimum atomic E-state index is -0.201. The molecule has 0 N–H and O–H groups in total. The Balaban J connectivity index is 2.70. The van der Waals surface area contributed by atoms with Crippen LogP contribution in [0.1, 0.15) is 33.5 Å². The number of hydrogen-bond acceptors (Lipinski definition) is 2. The lowest BCUT2D eigenvalue weighted by Gasteiger charge is -2.14. The van der Waals surface area contributed by atoms with Gasteiger partial charge in [-0.2, -0.15) is 0 Å². The van der Waals surface area contributed by atoms with E-state index in [1.807, 2.05) is 32.0 Å². The minimum absolute atomic E-state index is 0.201. The fraction of sp³-hybridized carbons (Fsp3) is 0.294. The number of aromatic nitrogens is 1. The smallest absolute Gasteiger partial charge is 0.259 e. The lowest BCUT2D eigenvalue weighted by atomic mass is 10.1. The molecular formula is C17H17Cl2NO2. The number of hydrogen-bond donors (Lipinski definition) is 0. The first-order valence-corrected chi connectivity index (χ1v) is 7.93. The molecule has 0 amide bonds. The molecule has 0 spiro atoms. The number of carbonyl (C=O) groups is 1. The van der Waals surface area contributed by atoms with Crippen LogP contribution in [0.4, 0.5) is 0 Å². The molecule has 1 aromatic heterocycles. The summed E-state index contributed by atoms with van der Waals surface area (Å²) in [7, 11) is 0. The standard InChI is InChI=1S/C17H17Cl2NO2/c1-11-5-6-15(12(2)8-11)20-9-13(10-21)16(19)14(17(20)22)4-3-7-18/h5-6,8-10H,3-4,7H2,1-2H3. The van der Waals surface area contributed by atoms with Gasteiger partial charge in [0.25, 0.3) is 5.56 Å². The van der Waals surface area contributed by atoms with Crippen molar-refractivity contribution in [1.82, 2.24) is 4.57 Å². The summed E-state index contributed by atoms with van der Waals surface area (Å²) in [4.78, 5) is 24.0. The molecule has 116 valence electrons. The number of aldehydes is 1. The molecule has 5 heteroatoms. The highest BCUT2D eigenvalue weighted by atomic mass is 35.5. The Labute approximate surface area is 139 Å². The van der Waals surface area contributed by atoms with Gasteiger partial charge < -0.3 is 0 Å². The second-order valence-electron chi connectivity index (χ2n) is 5.25. The Morgan fingerprint density at radius 2 is 2.00 bits per heavy atom. The number of pyridine rings is 1. The van der Waals surface area contributed by atoms with Crippen molar-refractivity contribution in [2.45, 2.75) is 26.7 Å². The number of carbonyl (C=O) groups excluding carboxylic acids is 1. The predicted molar refractivity (Wildman–Crippen MR) is 91.0 cm³/mol. The lowest BCUT2D eigenvalue weighted by molar-refractivity contribution is 0.112. The maximum atomic E-state index is 12.7. The molecular weight excluding hydrogens is 321 g/mol. The van der Waals surface area contributed by atoms with Crippen molar-refractivity contribution < 1.29 is 4.79 Å². The summed E-state index contributed by atoms with van der Waals surface area (Å²) in [6.07, 6.45) is 3.25. The molecule has 0 fully saturated rings. The zero-order chi connectivity index (χ0) is 16.3. The Hall–Kier alpha value is -1.58. The first-order chi connectivity index (χ1) is 10.5. The third-order valence-electron chi connectivity index (χ3n) is 3.56. The highest BCUT2D eigenvalue weighted by molar-refractivity contribution is 6.33. The first kappa shape index (κ1) is 16.8. The number of alkyl halides is 1. The third-order valence-corrected chi connectivity index (χ3v) is 4.28. The van der Waals surface area contributed by atoms with Crippen LogP contribution < -0.4 is 5.56 Å². The third kappa shape index (κ3) is 3.26. The van der Waals surface area contributed by atoms with E-state index >= 15 is 0 Å². The number of aryl methyl sites for hydroxylation is 2. The van der Waals surface area contributed by atoms with Crippen molar-refractivity contribution in [1.29, 1.82) is 0 Å². The van der Waals surface area contributed by atoms with E-state index in [9.17, 15) is 9.59 Å². The summed E-state index contributed by atoms with van der Waals surface area (Å²) in [5.74, 6) is 0.435. The summed E-state index contributed by atoms with van der Waals surface area (Å²) in [5.41, 5.74) is 3.37. The van der Waals surface area contributed by atoms with Gasteiger partial charge in [-0.3, -0.25) is 14.2 Å². The van der Waals surface area contributed by atoms with Gasteiger partial charge in [0.15, 0.2) is 6.29 Å². The molecule has 0 saturated carbocycles. The SMILES string of the molecule is Cc1ccc(-n2cc(C=O)c(Cl)c(CCCCl)c2=O)c(C)c1. The second kappa shape index (κ2) is 7.12. The quantitative estimate of drug-likeness (QED) is 0.608. The maximum Gasteiger partial charge on any atom is 0.259 e. The van der Waals surface area contributed by atoms with E-state index in [4.69, 9.17) is 23.2 Å². The molecule has 0 aliphatic rings. The van der Waals surface area contributed by atoms with Crippen molar-refractivity contribution in [3.8, 4) is 5.69 Å². The van der Waals surface area contributed by atoms with E-state index < -0.39 is 0 Å². The molecule has 1 heterocycles. The van der Waals surface area contributed by atoms with Gasteiger partial charge >= 0.3 is 0 Å². The van der Waals surface area contributed by atoms with Gasteiger partial charge in [-0.25, -0.2) is 0 Å². The molecule has 22 heavy (non-hydrogen) atoms. The van der Waals surface area contributed by atoms with Crippen LogP contribution >= 0.6 is 23.2 Å². The van der Waals surface area contributed by atoms with E-state index in [2.05, 4.69) is 0 Å². The molecule has 0 atom stereocenters. The molecule has 0 unspecified atom stereocenters. The predicted octanol–water partition coefficient (Wildman–Crippen LogP) is 4.09. The zero-order valence-corrected chi connectivity index (χ0v) is 14.0. The average molecular weight is 338 g/mol. The van der Waals surface area contributed by atoms with Crippen LogP contribution in [0.25, 0.3) is 5.69 Å². The van der Waals surface area contributed by atoms with Crippen molar-refractivity contribution in [3.05, 3.63) is 62.0 Å². The molecule has 0 aliphatic heterocycles. The normalized spacial score (nSPS) is 10.7. The fourth-order valence-electron chi connectivity index (χ4n) is 2.46. The maximum absolute atomic E-state index is 12.7. The summed E-state index contributed by atoms with van der Waals surface area (Å²) >= 11 is 11.9. The Morgan fingerprint density at radius 1 is 1.27 bits per heavy atom. The number of benzene rings is 1.